The maximum absolute atomic E-state index is 13.2. The minimum Gasteiger partial charge on any atom is -0.325 e. The van der Waals surface area contributed by atoms with Crippen LogP contribution in [0.1, 0.15) is 33.0 Å². The highest BCUT2D eigenvalue weighted by Crippen LogP contribution is 2.26. The van der Waals surface area contributed by atoms with E-state index in [4.69, 9.17) is 0 Å². The van der Waals surface area contributed by atoms with Gasteiger partial charge in [0.1, 0.15) is 0 Å². The number of halogens is 1. The van der Waals surface area contributed by atoms with Gasteiger partial charge in [-0.3, -0.25) is 9.59 Å². The molecule has 4 rings (SSSR count). The summed E-state index contributed by atoms with van der Waals surface area (Å²) in [6.07, 6.45) is 1.57. The third-order valence-electron chi connectivity index (χ3n) is 5.22. The van der Waals surface area contributed by atoms with Gasteiger partial charge in [-0.15, -0.1) is 0 Å². The van der Waals surface area contributed by atoms with Crippen LogP contribution in [0.3, 0.4) is 0 Å². The fourth-order valence-electron chi connectivity index (χ4n) is 3.51. The van der Waals surface area contributed by atoms with Crippen molar-refractivity contribution in [3.63, 3.8) is 0 Å². The molecular weight excluding hydrogens is 490 g/mol. The smallest absolute Gasteiger partial charge is 0.271 e. The molecule has 0 aliphatic carbocycles. The molecule has 4 aromatic carbocycles. The molecule has 2 amide bonds. The molecule has 0 fully saturated rings. The molecule has 168 valence electrons. The van der Waals surface area contributed by atoms with Gasteiger partial charge >= 0.3 is 0 Å². The van der Waals surface area contributed by atoms with Gasteiger partial charge in [-0.1, -0.05) is 94.8 Å². The third kappa shape index (κ3) is 5.85. The van der Waals surface area contributed by atoms with E-state index in [2.05, 4.69) is 31.8 Å². The summed E-state index contributed by atoms with van der Waals surface area (Å²) in [5.74, 6) is -0.933. The van der Waals surface area contributed by atoms with Crippen LogP contribution in [-0.2, 0) is 4.79 Å². The molecule has 34 heavy (non-hydrogen) atoms. The number of hydrogen-bond donors (Lipinski definition) is 2. The molecule has 0 atom stereocenters. The van der Waals surface area contributed by atoms with Crippen molar-refractivity contribution in [2.45, 2.75) is 5.92 Å². The highest BCUT2D eigenvalue weighted by atomic mass is 79.9. The molecule has 0 heterocycles. The highest BCUT2D eigenvalue weighted by molar-refractivity contribution is 9.10. The number of anilines is 1. The first-order chi connectivity index (χ1) is 16.6. The number of nitrogens with one attached hydrogen (secondary N) is 2. The molecule has 0 aliphatic heterocycles. The summed E-state index contributed by atoms with van der Waals surface area (Å²) in [6, 6.07) is 33.6. The highest BCUT2D eigenvalue weighted by Gasteiger charge is 2.22. The molecule has 0 unspecified atom stereocenters. The number of rotatable bonds is 7. The molecule has 2 N–H and O–H groups in total. The zero-order valence-corrected chi connectivity index (χ0v) is 19.8. The Labute approximate surface area is 206 Å². The van der Waals surface area contributed by atoms with Crippen LogP contribution < -0.4 is 10.7 Å². The monoisotopic (exact) mass is 511 g/mol. The largest absolute Gasteiger partial charge is 0.325 e. The first-order valence-corrected chi connectivity index (χ1v) is 11.5. The van der Waals surface area contributed by atoms with E-state index in [0.717, 1.165) is 21.2 Å². The van der Waals surface area contributed by atoms with Gasteiger partial charge in [0.15, 0.2) is 0 Å². The lowest BCUT2D eigenvalue weighted by atomic mass is 9.90. The van der Waals surface area contributed by atoms with E-state index in [9.17, 15) is 9.59 Å². The summed E-state index contributed by atoms with van der Waals surface area (Å²) in [5.41, 5.74) is 6.23. The van der Waals surface area contributed by atoms with Crippen molar-refractivity contribution in [3.8, 4) is 0 Å². The quantitative estimate of drug-likeness (QED) is 0.236. The van der Waals surface area contributed by atoms with E-state index in [-0.39, 0.29) is 11.8 Å². The molecule has 0 radical (unpaired) electrons. The molecule has 4 aromatic rings. The van der Waals surface area contributed by atoms with E-state index in [1.165, 1.54) is 0 Å². The maximum atomic E-state index is 13.2. The van der Waals surface area contributed by atoms with Crippen molar-refractivity contribution < 1.29 is 9.59 Å². The first kappa shape index (κ1) is 23.1. The van der Waals surface area contributed by atoms with Crippen LogP contribution in [0, 0.1) is 0 Å². The van der Waals surface area contributed by atoms with E-state index in [1.54, 1.807) is 30.5 Å². The van der Waals surface area contributed by atoms with Gasteiger partial charge in [-0.2, -0.15) is 5.10 Å². The summed E-state index contributed by atoms with van der Waals surface area (Å²) in [6.45, 7) is 0. The normalized spacial score (nSPS) is 10.9. The van der Waals surface area contributed by atoms with Crippen LogP contribution in [0.25, 0.3) is 0 Å². The van der Waals surface area contributed by atoms with Gasteiger partial charge in [-0.05, 0) is 41.5 Å². The molecule has 0 aliphatic rings. The second-order valence-corrected chi connectivity index (χ2v) is 8.40. The van der Waals surface area contributed by atoms with Gasteiger partial charge in [0.2, 0.25) is 5.91 Å². The van der Waals surface area contributed by atoms with Crippen LogP contribution >= 0.6 is 15.9 Å². The van der Waals surface area contributed by atoms with Crippen LogP contribution in [0.4, 0.5) is 5.69 Å². The zero-order valence-electron chi connectivity index (χ0n) is 18.2. The Morgan fingerprint density at radius 1 is 0.735 bits per heavy atom. The number of carbonyl (C=O) groups is 2. The lowest BCUT2D eigenvalue weighted by Crippen LogP contribution is -2.22. The van der Waals surface area contributed by atoms with Gasteiger partial charge < -0.3 is 5.32 Å². The first-order valence-electron chi connectivity index (χ1n) is 10.7. The van der Waals surface area contributed by atoms with Crippen LogP contribution in [0.2, 0.25) is 0 Å². The van der Waals surface area contributed by atoms with Crippen molar-refractivity contribution in [3.05, 3.63) is 136 Å². The van der Waals surface area contributed by atoms with Gasteiger partial charge in [0.05, 0.1) is 12.1 Å². The Kier molecular flexibility index (Phi) is 7.63. The average molecular weight is 512 g/mol. The molecular formula is C28H22BrN3O2. The summed E-state index contributed by atoms with van der Waals surface area (Å²) in [7, 11) is 0. The fraction of sp³-hybridized carbons (Fsp3) is 0.0357. The van der Waals surface area contributed by atoms with Gasteiger partial charge in [0, 0.05) is 21.3 Å². The number of amides is 2. The van der Waals surface area contributed by atoms with Crippen molar-refractivity contribution in [1.29, 1.82) is 0 Å². The molecule has 0 bridgehead atoms. The predicted molar refractivity (Wildman–Crippen MR) is 139 cm³/mol. The molecule has 5 nitrogen and oxygen atoms in total. The number of hydrogen-bond acceptors (Lipinski definition) is 3. The number of hydrazone groups is 1. The lowest BCUT2D eigenvalue weighted by molar-refractivity contribution is -0.116. The van der Waals surface area contributed by atoms with Gasteiger partial charge in [0.25, 0.3) is 5.91 Å². The van der Waals surface area contributed by atoms with Crippen LogP contribution in [0.15, 0.2) is 119 Å². The predicted octanol–water partition coefficient (Wildman–Crippen LogP) is 5.98. The van der Waals surface area contributed by atoms with E-state index >= 15 is 0 Å². The summed E-state index contributed by atoms with van der Waals surface area (Å²) < 4.78 is 0.886. The van der Waals surface area contributed by atoms with E-state index in [0.29, 0.717) is 11.3 Å². The summed E-state index contributed by atoms with van der Waals surface area (Å²) in [4.78, 5) is 25.6. The van der Waals surface area contributed by atoms with Crippen molar-refractivity contribution in [1.82, 2.24) is 5.43 Å². The van der Waals surface area contributed by atoms with Crippen LogP contribution in [-0.4, -0.2) is 18.0 Å². The SMILES string of the molecule is O=C(N/N=C/c1ccccc1Br)c1ccc(NC(=O)C(c2ccccc2)c2ccccc2)cc1. The van der Waals surface area contributed by atoms with Crippen LogP contribution in [0.5, 0.6) is 0 Å². The molecule has 0 saturated carbocycles. The summed E-state index contributed by atoms with van der Waals surface area (Å²) in [5, 5.41) is 6.99. The second kappa shape index (κ2) is 11.2. The number of nitrogens with zero attached hydrogens (tertiary/aromatic N) is 1. The Morgan fingerprint density at radius 3 is 1.88 bits per heavy atom. The Hall–Kier alpha value is -4.03. The minimum atomic E-state index is -0.447. The van der Waals surface area contributed by atoms with Crippen molar-refractivity contribution in [2.75, 3.05) is 5.32 Å². The molecule has 0 saturated heterocycles. The maximum Gasteiger partial charge on any atom is 0.271 e. The van der Waals surface area contributed by atoms with E-state index < -0.39 is 5.92 Å². The Bertz CT molecular complexity index is 1250. The topological polar surface area (TPSA) is 70.6 Å². The average Bonchev–Trinajstić information content (AvgIpc) is 2.87. The number of carbonyl (C=O) groups excluding carboxylic acids is 2. The lowest BCUT2D eigenvalue weighted by Gasteiger charge is -2.18. The van der Waals surface area contributed by atoms with Gasteiger partial charge in [-0.25, -0.2) is 5.43 Å². The van der Waals surface area contributed by atoms with Crippen molar-refractivity contribution in [2.24, 2.45) is 5.10 Å². The summed E-state index contributed by atoms with van der Waals surface area (Å²) >= 11 is 3.44. The Balaban J connectivity index is 1.43. The molecule has 6 heteroatoms. The second-order valence-electron chi connectivity index (χ2n) is 7.54. The van der Waals surface area contributed by atoms with Crippen molar-refractivity contribution >= 4 is 39.6 Å². The minimum absolute atomic E-state index is 0.146. The standard InChI is InChI=1S/C28H22BrN3O2/c29-25-14-8-7-13-23(25)19-30-32-27(33)22-15-17-24(18-16-22)31-28(34)26(20-9-3-1-4-10-20)21-11-5-2-6-12-21/h1-19,26H,(H,31,34)(H,32,33)/b30-19+. The number of benzene rings is 4. The molecule has 0 spiro atoms. The Morgan fingerprint density at radius 2 is 1.29 bits per heavy atom. The third-order valence-corrected chi connectivity index (χ3v) is 5.94. The zero-order chi connectivity index (χ0) is 23.8. The fourth-order valence-corrected chi connectivity index (χ4v) is 3.90. The molecule has 0 aromatic heterocycles. The van der Waals surface area contributed by atoms with E-state index in [1.807, 2.05) is 84.9 Å².